The van der Waals surface area contributed by atoms with Crippen LogP contribution in [0.25, 0.3) is 11.0 Å². The third-order valence-corrected chi connectivity index (χ3v) is 5.07. The fourth-order valence-corrected chi connectivity index (χ4v) is 3.32. The Hall–Kier alpha value is -4.46. The first kappa shape index (κ1) is 22.7. The van der Waals surface area contributed by atoms with Gasteiger partial charge in [-0.2, -0.15) is 0 Å². The lowest BCUT2D eigenvalue weighted by Crippen LogP contribution is -2.10. The molecule has 0 aliphatic heterocycles. The van der Waals surface area contributed by atoms with Crippen LogP contribution in [-0.4, -0.2) is 27.3 Å². The molecule has 8 nitrogen and oxygen atoms in total. The molecule has 0 fully saturated rings. The Morgan fingerprint density at radius 3 is 2.06 bits per heavy atom. The van der Waals surface area contributed by atoms with Crippen molar-refractivity contribution in [2.45, 2.75) is 6.92 Å². The molecule has 34 heavy (non-hydrogen) atoms. The van der Waals surface area contributed by atoms with Crippen molar-refractivity contribution in [3.8, 4) is 34.5 Å². The third kappa shape index (κ3) is 4.52. The first-order chi connectivity index (χ1) is 16.4. The maximum absolute atomic E-state index is 12.8. The second kappa shape index (κ2) is 9.58. The molecule has 0 radical (unpaired) electrons. The van der Waals surface area contributed by atoms with Crippen molar-refractivity contribution in [1.82, 2.24) is 0 Å². The van der Waals surface area contributed by atoms with Crippen LogP contribution in [0.4, 0.5) is 0 Å². The molecule has 0 aliphatic carbocycles. The molecule has 4 rings (SSSR count). The van der Waals surface area contributed by atoms with Gasteiger partial charge in [-0.1, -0.05) is 17.7 Å². The summed E-state index contributed by atoms with van der Waals surface area (Å²) in [5, 5.41) is 0.289. The summed E-state index contributed by atoms with van der Waals surface area (Å²) in [5.74, 6) is 1.12. The standard InChI is InChI=1S/C26H22O8/c1-15-5-7-17(8-6-15)33-23-14-32-20-13-18(9-10-19(20)24(23)27)34-26(28)16-11-21(29-2)25(31-4)22(12-16)30-3/h5-14H,1-4H3. The van der Waals surface area contributed by atoms with Gasteiger partial charge in [0.25, 0.3) is 0 Å². The lowest BCUT2D eigenvalue weighted by Gasteiger charge is -2.13. The number of aryl methyl sites for hydroxylation is 1. The van der Waals surface area contributed by atoms with Gasteiger partial charge in [0.15, 0.2) is 11.5 Å². The molecule has 0 spiro atoms. The Kier molecular flexibility index (Phi) is 6.40. The van der Waals surface area contributed by atoms with E-state index < -0.39 is 5.97 Å². The monoisotopic (exact) mass is 462 g/mol. The number of carbonyl (C=O) groups is 1. The summed E-state index contributed by atoms with van der Waals surface area (Å²) in [6.45, 7) is 1.96. The molecule has 174 valence electrons. The number of ether oxygens (including phenoxy) is 5. The Labute approximate surface area is 195 Å². The van der Waals surface area contributed by atoms with E-state index in [0.717, 1.165) is 5.56 Å². The Bertz CT molecular complexity index is 1380. The number of benzene rings is 3. The van der Waals surface area contributed by atoms with Gasteiger partial charge >= 0.3 is 5.97 Å². The number of fused-ring (bicyclic) bond motifs is 1. The molecule has 0 amide bonds. The van der Waals surface area contributed by atoms with Crippen LogP contribution >= 0.6 is 0 Å². The van der Waals surface area contributed by atoms with E-state index in [4.69, 9.17) is 28.1 Å². The lowest BCUT2D eigenvalue weighted by atomic mass is 10.1. The van der Waals surface area contributed by atoms with Gasteiger partial charge in [0.05, 0.1) is 32.3 Å². The van der Waals surface area contributed by atoms with Gasteiger partial charge in [-0.05, 0) is 43.3 Å². The summed E-state index contributed by atoms with van der Waals surface area (Å²) < 4.78 is 32.5. The summed E-state index contributed by atoms with van der Waals surface area (Å²) in [5.41, 5.74) is 1.17. The molecular formula is C26H22O8. The fraction of sp³-hybridized carbons (Fsp3) is 0.154. The van der Waals surface area contributed by atoms with Crippen LogP contribution in [0.3, 0.4) is 0 Å². The molecule has 0 bridgehead atoms. The van der Waals surface area contributed by atoms with Gasteiger partial charge in [0.2, 0.25) is 16.9 Å². The molecule has 1 heterocycles. The minimum atomic E-state index is -0.653. The first-order valence-corrected chi connectivity index (χ1v) is 10.3. The van der Waals surface area contributed by atoms with Crippen LogP contribution in [0.1, 0.15) is 15.9 Å². The highest BCUT2D eigenvalue weighted by Gasteiger charge is 2.19. The number of hydrogen-bond acceptors (Lipinski definition) is 8. The van der Waals surface area contributed by atoms with Gasteiger partial charge in [0, 0.05) is 6.07 Å². The van der Waals surface area contributed by atoms with Crippen molar-refractivity contribution in [3.63, 3.8) is 0 Å². The Morgan fingerprint density at radius 1 is 0.794 bits per heavy atom. The lowest BCUT2D eigenvalue weighted by molar-refractivity contribution is 0.0734. The summed E-state index contributed by atoms with van der Waals surface area (Å²) in [4.78, 5) is 25.6. The van der Waals surface area contributed by atoms with Crippen molar-refractivity contribution in [2.75, 3.05) is 21.3 Å². The number of hydrogen-bond donors (Lipinski definition) is 0. The van der Waals surface area contributed by atoms with Gasteiger partial charge in [-0.25, -0.2) is 4.79 Å². The van der Waals surface area contributed by atoms with Gasteiger partial charge < -0.3 is 28.1 Å². The topological polar surface area (TPSA) is 93.4 Å². The van der Waals surface area contributed by atoms with Crippen LogP contribution in [0.5, 0.6) is 34.5 Å². The molecule has 0 atom stereocenters. The van der Waals surface area contributed by atoms with Crippen LogP contribution < -0.4 is 29.1 Å². The molecule has 8 heteroatoms. The van der Waals surface area contributed by atoms with E-state index in [2.05, 4.69) is 0 Å². The van der Waals surface area contributed by atoms with Crippen LogP contribution in [0, 0.1) is 6.92 Å². The number of rotatable bonds is 7. The zero-order valence-corrected chi connectivity index (χ0v) is 19.0. The molecule has 3 aromatic carbocycles. The van der Waals surface area contributed by atoms with Crippen LogP contribution in [0.2, 0.25) is 0 Å². The zero-order chi connectivity index (χ0) is 24.2. The first-order valence-electron chi connectivity index (χ1n) is 10.3. The van der Waals surface area contributed by atoms with Gasteiger partial charge in [-0.3, -0.25) is 4.79 Å². The van der Waals surface area contributed by atoms with Crippen molar-refractivity contribution < 1.29 is 32.9 Å². The van der Waals surface area contributed by atoms with Crippen LogP contribution in [0.15, 0.2) is 70.1 Å². The fourth-order valence-electron chi connectivity index (χ4n) is 3.32. The number of carbonyl (C=O) groups excluding carboxylic acids is 1. The molecular weight excluding hydrogens is 440 g/mol. The minimum Gasteiger partial charge on any atom is -0.493 e. The predicted molar refractivity (Wildman–Crippen MR) is 125 cm³/mol. The summed E-state index contributed by atoms with van der Waals surface area (Å²) in [6, 6.07) is 14.8. The zero-order valence-electron chi connectivity index (χ0n) is 19.0. The second-order valence-electron chi connectivity index (χ2n) is 7.31. The third-order valence-electron chi connectivity index (χ3n) is 5.07. The van der Waals surface area contributed by atoms with E-state index >= 15 is 0 Å². The Morgan fingerprint density at radius 2 is 1.44 bits per heavy atom. The number of esters is 1. The molecule has 1 aromatic heterocycles. The normalized spacial score (nSPS) is 10.6. The van der Waals surface area contributed by atoms with E-state index in [9.17, 15) is 9.59 Å². The predicted octanol–water partition coefficient (Wildman–Crippen LogP) is 5.14. The SMILES string of the molecule is COc1cc(C(=O)Oc2ccc3c(=O)c(Oc4ccc(C)cc4)coc3c2)cc(OC)c1OC. The summed E-state index contributed by atoms with van der Waals surface area (Å²) in [6.07, 6.45) is 1.23. The molecule has 0 unspecified atom stereocenters. The highest BCUT2D eigenvalue weighted by Crippen LogP contribution is 2.38. The summed E-state index contributed by atoms with van der Waals surface area (Å²) in [7, 11) is 4.38. The van der Waals surface area contributed by atoms with Crippen molar-refractivity contribution in [1.29, 1.82) is 0 Å². The van der Waals surface area contributed by atoms with Crippen molar-refractivity contribution in [3.05, 3.63) is 82.2 Å². The number of methoxy groups -OCH3 is 3. The molecule has 0 saturated heterocycles. The summed E-state index contributed by atoms with van der Waals surface area (Å²) >= 11 is 0. The molecule has 4 aromatic rings. The van der Waals surface area contributed by atoms with Gasteiger partial charge in [0.1, 0.15) is 23.3 Å². The van der Waals surface area contributed by atoms with Crippen molar-refractivity contribution in [2.24, 2.45) is 0 Å². The Balaban J connectivity index is 1.59. The second-order valence-corrected chi connectivity index (χ2v) is 7.31. The highest BCUT2D eigenvalue weighted by atomic mass is 16.5. The van der Waals surface area contributed by atoms with E-state index in [1.807, 2.05) is 19.1 Å². The molecule has 0 aliphatic rings. The molecule has 0 saturated carbocycles. The highest BCUT2D eigenvalue weighted by molar-refractivity contribution is 5.93. The maximum Gasteiger partial charge on any atom is 0.343 e. The molecule has 0 N–H and O–H groups in total. The minimum absolute atomic E-state index is 0.0542. The van der Waals surface area contributed by atoms with E-state index in [1.54, 1.807) is 12.1 Å². The van der Waals surface area contributed by atoms with Crippen LogP contribution in [-0.2, 0) is 0 Å². The smallest absolute Gasteiger partial charge is 0.343 e. The van der Waals surface area contributed by atoms with E-state index in [0.29, 0.717) is 23.0 Å². The quantitative estimate of drug-likeness (QED) is 0.275. The van der Waals surface area contributed by atoms with Crippen molar-refractivity contribution >= 4 is 16.9 Å². The largest absolute Gasteiger partial charge is 0.493 e. The maximum atomic E-state index is 12.8. The average Bonchev–Trinajstić information content (AvgIpc) is 2.86. The average molecular weight is 462 g/mol. The van der Waals surface area contributed by atoms with E-state index in [1.165, 1.54) is 57.9 Å². The van der Waals surface area contributed by atoms with Gasteiger partial charge in [-0.15, -0.1) is 0 Å². The van der Waals surface area contributed by atoms with E-state index in [-0.39, 0.29) is 33.5 Å².